The molecule has 104 valence electrons. The maximum Gasteiger partial charge on any atom is 0.251 e. The summed E-state index contributed by atoms with van der Waals surface area (Å²) in [6, 6.07) is 5.95. The van der Waals surface area contributed by atoms with Crippen LogP contribution in [-0.4, -0.2) is 18.3 Å². The van der Waals surface area contributed by atoms with Crippen molar-refractivity contribution in [1.82, 2.24) is 5.32 Å². The monoisotopic (exact) mass is 279 g/mol. The number of benzene rings is 1. The summed E-state index contributed by atoms with van der Waals surface area (Å²) in [6.07, 6.45) is 4.71. The summed E-state index contributed by atoms with van der Waals surface area (Å²) in [6.45, 7) is 4.66. The number of alkyl halides is 1. The van der Waals surface area contributed by atoms with Crippen molar-refractivity contribution in [2.75, 3.05) is 12.4 Å². The second-order valence-electron chi connectivity index (χ2n) is 5.79. The van der Waals surface area contributed by atoms with Gasteiger partial charge in [0.1, 0.15) is 0 Å². The summed E-state index contributed by atoms with van der Waals surface area (Å²) in [5.41, 5.74) is 2.99. The molecule has 0 atom stereocenters. The maximum atomic E-state index is 12.3. The molecule has 0 saturated heterocycles. The lowest BCUT2D eigenvalue weighted by molar-refractivity contribution is 0.0934. The molecule has 0 spiro atoms. The first kappa shape index (κ1) is 14.4. The van der Waals surface area contributed by atoms with Gasteiger partial charge in [-0.15, -0.1) is 11.6 Å². The lowest BCUT2D eigenvalue weighted by Gasteiger charge is -2.26. The largest absolute Gasteiger partial charge is 0.351 e. The molecule has 0 aliphatic heterocycles. The van der Waals surface area contributed by atoms with Gasteiger partial charge in [0.25, 0.3) is 5.91 Å². The molecule has 0 bridgehead atoms. The fourth-order valence-corrected chi connectivity index (χ4v) is 3.37. The quantitative estimate of drug-likeness (QED) is 0.834. The van der Waals surface area contributed by atoms with Crippen LogP contribution in [-0.2, 0) is 0 Å². The normalized spacial score (nSPS) is 17.4. The van der Waals surface area contributed by atoms with Crippen LogP contribution >= 0.6 is 11.6 Å². The minimum Gasteiger partial charge on any atom is -0.351 e. The lowest BCUT2D eigenvalue weighted by atomic mass is 9.88. The number of hydrogen-bond acceptors (Lipinski definition) is 1. The summed E-state index contributed by atoms with van der Waals surface area (Å²) in [7, 11) is 0. The van der Waals surface area contributed by atoms with Crippen molar-refractivity contribution in [3.63, 3.8) is 0 Å². The Morgan fingerprint density at radius 1 is 1.26 bits per heavy atom. The summed E-state index contributed by atoms with van der Waals surface area (Å²) in [5.74, 6) is 0.673. The first-order valence-electron chi connectivity index (χ1n) is 6.98. The summed E-state index contributed by atoms with van der Waals surface area (Å²) in [5, 5.41) is 3.09. The molecule has 2 nitrogen and oxygen atoms in total. The van der Waals surface area contributed by atoms with E-state index in [0.717, 1.165) is 29.5 Å². The number of carbonyl (C=O) groups is 1. The van der Waals surface area contributed by atoms with Crippen LogP contribution in [0.25, 0.3) is 0 Å². The van der Waals surface area contributed by atoms with E-state index in [0.29, 0.717) is 12.4 Å². The standard InChI is InChI=1S/C16H22ClNO/c1-12-6-5-7-13(2)14(12)15(19)18-11-16(10-17)8-3-4-9-16/h5-7H,3-4,8-11H2,1-2H3,(H,18,19). The number of halogens is 1. The fraction of sp³-hybridized carbons (Fsp3) is 0.562. The minimum atomic E-state index is 0.0343. The van der Waals surface area contributed by atoms with Gasteiger partial charge in [0.2, 0.25) is 0 Å². The van der Waals surface area contributed by atoms with Gasteiger partial charge in [-0.2, -0.15) is 0 Å². The van der Waals surface area contributed by atoms with Crippen LogP contribution in [0.1, 0.15) is 47.2 Å². The van der Waals surface area contributed by atoms with Gasteiger partial charge >= 0.3 is 0 Å². The average Bonchev–Trinajstić information content (AvgIpc) is 2.86. The van der Waals surface area contributed by atoms with Crippen LogP contribution in [0.3, 0.4) is 0 Å². The highest BCUT2D eigenvalue weighted by Crippen LogP contribution is 2.38. The van der Waals surface area contributed by atoms with E-state index < -0.39 is 0 Å². The first-order valence-corrected chi connectivity index (χ1v) is 7.52. The molecule has 0 heterocycles. The Bertz CT molecular complexity index is 444. The Hall–Kier alpha value is -1.02. The van der Waals surface area contributed by atoms with Crippen LogP contribution in [0, 0.1) is 19.3 Å². The molecule has 1 aliphatic carbocycles. The van der Waals surface area contributed by atoms with Crippen molar-refractivity contribution >= 4 is 17.5 Å². The van der Waals surface area contributed by atoms with E-state index >= 15 is 0 Å². The van der Waals surface area contributed by atoms with E-state index in [4.69, 9.17) is 11.6 Å². The highest BCUT2D eigenvalue weighted by atomic mass is 35.5. The van der Waals surface area contributed by atoms with Crippen LogP contribution in [0.4, 0.5) is 0 Å². The molecule has 1 aliphatic rings. The molecule has 0 aromatic heterocycles. The third-order valence-corrected chi connectivity index (χ3v) is 4.85. The van der Waals surface area contributed by atoms with Gasteiger partial charge in [-0.05, 0) is 37.8 Å². The molecule has 0 unspecified atom stereocenters. The maximum absolute atomic E-state index is 12.3. The molecule has 1 aromatic rings. The van der Waals surface area contributed by atoms with Crippen molar-refractivity contribution in [1.29, 1.82) is 0 Å². The molecular formula is C16H22ClNO. The topological polar surface area (TPSA) is 29.1 Å². The molecule has 19 heavy (non-hydrogen) atoms. The number of nitrogens with one attached hydrogen (secondary N) is 1. The summed E-state index contributed by atoms with van der Waals surface area (Å²) >= 11 is 6.11. The van der Waals surface area contributed by atoms with Crippen molar-refractivity contribution < 1.29 is 4.79 Å². The molecule has 2 rings (SSSR count). The zero-order chi connectivity index (χ0) is 13.9. The number of carbonyl (C=O) groups excluding carboxylic acids is 1. The van der Waals surface area contributed by atoms with E-state index in [9.17, 15) is 4.79 Å². The predicted molar refractivity (Wildman–Crippen MR) is 79.9 cm³/mol. The van der Waals surface area contributed by atoms with E-state index in [-0.39, 0.29) is 11.3 Å². The van der Waals surface area contributed by atoms with E-state index in [1.54, 1.807) is 0 Å². The van der Waals surface area contributed by atoms with Crippen molar-refractivity contribution in [2.24, 2.45) is 5.41 Å². The highest BCUT2D eigenvalue weighted by molar-refractivity contribution is 6.18. The Labute approximate surface area is 120 Å². The van der Waals surface area contributed by atoms with Gasteiger partial charge in [0, 0.05) is 23.4 Å². The van der Waals surface area contributed by atoms with Gasteiger partial charge in [-0.1, -0.05) is 31.0 Å². The second-order valence-corrected chi connectivity index (χ2v) is 6.06. The molecule has 1 saturated carbocycles. The zero-order valence-electron chi connectivity index (χ0n) is 11.8. The molecule has 0 radical (unpaired) electrons. The number of aryl methyl sites for hydroxylation is 2. The predicted octanol–water partition coefficient (Wildman–Crippen LogP) is 3.83. The van der Waals surface area contributed by atoms with Crippen molar-refractivity contribution in [3.8, 4) is 0 Å². The fourth-order valence-electron chi connectivity index (χ4n) is 3.01. The van der Waals surface area contributed by atoms with E-state index in [2.05, 4.69) is 5.32 Å². The Morgan fingerprint density at radius 2 is 1.84 bits per heavy atom. The van der Waals surface area contributed by atoms with Gasteiger partial charge in [0.15, 0.2) is 0 Å². The van der Waals surface area contributed by atoms with Crippen molar-refractivity contribution in [3.05, 3.63) is 34.9 Å². The summed E-state index contributed by atoms with van der Waals surface area (Å²) < 4.78 is 0. The average molecular weight is 280 g/mol. The van der Waals surface area contributed by atoms with Crippen LogP contribution in [0.5, 0.6) is 0 Å². The van der Waals surface area contributed by atoms with Crippen molar-refractivity contribution in [2.45, 2.75) is 39.5 Å². The smallest absolute Gasteiger partial charge is 0.251 e. The van der Waals surface area contributed by atoms with Gasteiger partial charge in [-0.25, -0.2) is 0 Å². The molecular weight excluding hydrogens is 258 g/mol. The Morgan fingerprint density at radius 3 is 2.37 bits per heavy atom. The van der Waals surface area contributed by atoms with Gasteiger partial charge in [-0.3, -0.25) is 4.79 Å². The SMILES string of the molecule is Cc1cccc(C)c1C(=O)NCC1(CCl)CCCC1. The van der Waals surface area contributed by atoms with E-state index in [1.807, 2.05) is 32.0 Å². The molecule has 1 N–H and O–H groups in total. The lowest BCUT2D eigenvalue weighted by Crippen LogP contribution is -2.37. The number of amides is 1. The molecule has 1 aromatic carbocycles. The summed E-state index contributed by atoms with van der Waals surface area (Å²) in [4.78, 5) is 12.3. The Kier molecular flexibility index (Phi) is 4.51. The number of hydrogen-bond donors (Lipinski definition) is 1. The van der Waals surface area contributed by atoms with E-state index in [1.165, 1.54) is 12.8 Å². The third kappa shape index (κ3) is 3.11. The molecule has 1 fully saturated rings. The molecule has 1 amide bonds. The number of rotatable bonds is 4. The van der Waals surface area contributed by atoms with Crippen LogP contribution in [0.2, 0.25) is 0 Å². The zero-order valence-corrected chi connectivity index (χ0v) is 12.5. The third-order valence-electron chi connectivity index (χ3n) is 4.28. The minimum absolute atomic E-state index is 0.0343. The van der Waals surface area contributed by atoms with Crippen LogP contribution in [0.15, 0.2) is 18.2 Å². The first-order chi connectivity index (χ1) is 9.08. The van der Waals surface area contributed by atoms with Crippen LogP contribution < -0.4 is 5.32 Å². The highest BCUT2D eigenvalue weighted by Gasteiger charge is 2.33. The molecule has 3 heteroatoms. The van der Waals surface area contributed by atoms with Gasteiger partial charge < -0.3 is 5.32 Å². The Balaban J connectivity index is 2.05. The second kappa shape index (κ2) is 5.96. The van der Waals surface area contributed by atoms with Gasteiger partial charge in [0.05, 0.1) is 0 Å².